The number of hydrogen-bond acceptors (Lipinski definition) is 3. The predicted molar refractivity (Wildman–Crippen MR) is 105 cm³/mol. The van der Waals surface area contributed by atoms with Crippen LogP contribution in [0.4, 0.5) is 5.69 Å². The van der Waals surface area contributed by atoms with E-state index in [1.54, 1.807) is 7.11 Å². The van der Waals surface area contributed by atoms with Crippen LogP contribution >= 0.6 is 35.6 Å². The van der Waals surface area contributed by atoms with Crippen molar-refractivity contribution < 1.29 is 4.74 Å². The minimum atomic E-state index is 0.613. The van der Waals surface area contributed by atoms with Gasteiger partial charge in [0.1, 0.15) is 5.75 Å². The summed E-state index contributed by atoms with van der Waals surface area (Å²) in [5, 5.41) is 7.74. The van der Waals surface area contributed by atoms with Crippen LogP contribution in [-0.4, -0.2) is 24.5 Å². The molecule has 0 spiro atoms. The number of nitrogens with one attached hydrogen (secondary N) is 2. The van der Waals surface area contributed by atoms with Crippen LogP contribution in [0.15, 0.2) is 48.5 Å². The van der Waals surface area contributed by atoms with Gasteiger partial charge < -0.3 is 15.4 Å². The Balaban J connectivity index is 1.64. The Morgan fingerprint density at radius 1 is 1.22 bits per heavy atom. The zero-order chi connectivity index (χ0) is 16.5. The van der Waals surface area contributed by atoms with Crippen LogP contribution < -0.4 is 15.4 Å². The molecule has 2 rings (SSSR count). The molecule has 0 amide bonds. The molecule has 0 aliphatic carbocycles. The predicted octanol–water partition coefficient (Wildman–Crippen LogP) is 4.57. The zero-order valence-electron chi connectivity index (χ0n) is 12.8. The molecule has 2 aromatic rings. The first kappa shape index (κ1) is 17.9. The zero-order valence-corrected chi connectivity index (χ0v) is 15.2. The number of anilines is 1. The highest BCUT2D eigenvalue weighted by Crippen LogP contribution is 2.17. The number of hydrogen-bond donors (Lipinski definition) is 2. The molecule has 122 valence electrons. The molecule has 0 atom stereocenters. The SMILES string of the molecule is COc1cccc(NC(=S)NCCSCc2cccc(Cl)c2)c1. The van der Waals surface area contributed by atoms with Gasteiger partial charge in [0.15, 0.2) is 5.11 Å². The molecular formula is C17H19ClN2OS2. The Morgan fingerprint density at radius 2 is 2.04 bits per heavy atom. The summed E-state index contributed by atoms with van der Waals surface area (Å²) < 4.78 is 5.18. The first-order valence-electron chi connectivity index (χ1n) is 7.18. The molecule has 6 heteroatoms. The van der Waals surface area contributed by atoms with E-state index in [0.717, 1.165) is 34.5 Å². The molecule has 2 aromatic carbocycles. The molecule has 0 radical (unpaired) electrons. The highest BCUT2D eigenvalue weighted by Gasteiger charge is 2.00. The van der Waals surface area contributed by atoms with E-state index in [1.165, 1.54) is 5.56 Å². The summed E-state index contributed by atoms with van der Waals surface area (Å²) >= 11 is 13.1. The van der Waals surface area contributed by atoms with E-state index in [2.05, 4.69) is 16.7 Å². The van der Waals surface area contributed by atoms with Gasteiger partial charge in [0.2, 0.25) is 0 Å². The summed E-state index contributed by atoms with van der Waals surface area (Å²) in [5.74, 6) is 2.71. The monoisotopic (exact) mass is 366 g/mol. The van der Waals surface area contributed by atoms with Gasteiger partial charge in [-0.25, -0.2) is 0 Å². The van der Waals surface area contributed by atoms with E-state index >= 15 is 0 Å². The van der Waals surface area contributed by atoms with Crippen LogP contribution in [0.3, 0.4) is 0 Å². The van der Waals surface area contributed by atoms with Crippen LogP contribution in [-0.2, 0) is 5.75 Å². The van der Waals surface area contributed by atoms with Crippen molar-refractivity contribution in [1.29, 1.82) is 0 Å². The molecule has 0 saturated carbocycles. The van der Waals surface area contributed by atoms with Crippen LogP contribution in [0, 0.1) is 0 Å². The number of benzene rings is 2. The van der Waals surface area contributed by atoms with Gasteiger partial charge in [0.25, 0.3) is 0 Å². The van der Waals surface area contributed by atoms with Gasteiger partial charge in [0, 0.05) is 34.8 Å². The average Bonchev–Trinajstić information content (AvgIpc) is 2.55. The lowest BCUT2D eigenvalue weighted by molar-refractivity contribution is 0.415. The standard InChI is InChI=1S/C17H19ClN2OS2/c1-21-16-7-3-6-15(11-16)20-17(22)19-8-9-23-12-13-4-2-5-14(18)10-13/h2-7,10-11H,8-9,12H2,1H3,(H2,19,20,22). The third-order valence-corrected chi connectivity index (χ3v) is 4.53. The molecule has 0 heterocycles. The van der Waals surface area contributed by atoms with Crippen LogP contribution in [0.25, 0.3) is 0 Å². The Hall–Kier alpha value is -1.43. The van der Waals surface area contributed by atoms with E-state index < -0.39 is 0 Å². The number of halogens is 1. The molecule has 0 fully saturated rings. The number of thiocarbonyl (C=S) groups is 1. The highest BCUT2D eigenvalue weighted by atomic mass is 35.5. The van der Waals surface area contributed by atoms with Crippen LogP contribution in [0.5, 0.6) is 5.75 Å². The highest BCUT2D eigenvalue weighted by molar-refractivity contribution is 7.98. The maximum absolute atomic E-state index is 5.97. The van der Waals surface area contributed by atoms with Gasteiger partial charge in [-0.05, 0) is 42.0 Å². The van der Waals surface area contributed by atoms with Crippen LogP contribution in [0.2, 0.25) is 5.02 Å². The third kappa shape index (κ3) is 6.69. The number of methoxy groups -OCH3 is 1. The maximum atomic E-state index is 5.97. The van der Waals surface area contributed by atoms with Crippen molar-refractivity contribution >= 4 is 46.4 Å². The summed E-state index contributed by atoms with van der Waals surface area (Å²) in [5.41, 5.74) is 2.15. The lowest BCUT2D eigenvalue weighted by atomic mass is 10.2. The van der Waals surface area contributed by atoms with Gasteiger partial charge in [-0.15, -0.1) is 0 Å². The van der Waals surface area contributed by atoms with E-state index in [9.17, 15) is 0 Å². The Bertz CT molecular complexity index is 652. The van der Waals surface area contributed by atoms with Gasteiger partial charge in [-0.2, -0.15) is 11.8 Å². The van der Waals surface area contributed by atoms with Crippen molar-refractivity contribution in [2.24, 2.45) is 0 Å². The second-order valence-electron chi connectivity index (χ2n) is 4.80. The van der Waals surface area contributed by atoms with E-state index in [-0.39, 0.29) is 0 Å². The molecule has 23 heavy (non-hydrogen) atoms. The average molecular weight is 367 g/mol. The molecule has 3 nitrogen and oxygen atoms in total. The van der Waals surface area contributed by atoms with E-state index in [0.29, 0.717) is 5.11 Å². The van der Waals surface area contributed by atoms with Crippen molar-refractivity contribution in [1.82, 2.24) is 5.32 Å². The van der Waals surface area contributed by atoms with Crippen molar-refractivity contribution in [3.05, 3.63) is 59.1 Å². The quantitative estimate of drug-likeness (QED) is 0.554. The van der Waals surface area contributed by atoms with Crippen LogP contribution in [0.1, 0.15) is 5.56 Å². The lowest BCUT2D eigenvalue weighted by Gasteiger charge is -2.11. The molecule has 0 aromatic heterocycles. The molecule has 0 aliphatic heterocycles. The molecular weight excluding hydrogens is 348 g/mol. The molecule has 0 saturated heterocycles. The molecule has 0 bridgehead atoms. The fraction of sp³-hybridized carbons (Fsp3) is 0.235. The van der Waals surface area contributed by atoms with Crippen molar-refractivity contribution in [3.63, 3.8) is 0 Å². The minimum absolute atomic E-state index is 0.613. The summed E-state index contributed by atoms with van der Waals surface area (Å²) in [4.78, 5) is 0. The van der Waals surface area contributed by atoms with Gasteiger partial charge >= 0.3 is 0 Å². The maximum Gasteiger partial charge on any atom is 0.170 e. The third-order valence-electron chi connectivity index (χ3n) is 3.02. The Kier molecular flexibility index (Phi) is 7.52. The largest absolute Gasteiger partial charge is 0.497 e. The second kappa shape index (κ2) is 9.65. The minimum Gasteiger partial charge on any atom is -0.497 e. The smallest absolute Gasteiger partial charge is 0.170 e. The topological polar surface area (TPSA) is 33.3 Å². The summed E-state index contributed by atoms with van der Waals surface area (Å²) in [7, 11) is 1.65. The number of thioether (sulfide) groups is 1. The summed E-state index contributed by atoms with van der Waals surface area (Å²) in [6.07, 6.45) is 0. The van der Waals surface area contributed by atoms with E-state index in [4.69, 9.17) is 28.6 Å². The molecule has 2 N–H and O–H groups in total. The molecule has 0 aliphatic rings. The fourth-order valence-corrected chi connectivity index (χ4v) is 3.17. The number of ether oxygens (including phenoxy) is 1. The van der Waals surface area contributed by atoms with Gasteiger partial charge in [0.05, 0.1) is 7.11 Å². The normalized spacial score (nSPS) is 10.2. The summed E-state index contributed by atoms with van der Waals surface area (Å²) in [6.45, 7) is 0.807. The summed E-state index contributed by atoms with van der Waals surface area (Å²) in [6, 6.07) is 15.6. The first-order valence-corrected chi connectivity index (χ1v) is 9.12. The van der Waals surface area contributed by atoms with Crippen molar-refractivity contribution in [2.75, 3.05) is 24.7 Å². The molecule has 0 unspecified atom stereocenters. The number of rotatable bonds is 7. The second-order valence-corrected chi connectivity index (χ2v) is 6.75. The lowest BCUT2D eigenvalue weighted by Crippen LogP contribution is -2.30. The van der Waals surface area contributed by atoms with E-state index in [1.807, 2.05) is 54.2 Å². The Morgan fingerprint density at radius 3 is 2.83 bits per heavy atom. The van der Waals surface area contributed by atoms with Crippen molar-refractivity contribution in [3.8, 4) is 5.75 Å². The first-order chi connectivity index (χ1) is 11.2. The van der Waals surface area contributed by atoms with Gasteiger partial charge in [-0.3, -0.25) is 0 Å². The fourth-order valence-electron chi connectivity index (χ4n) is 1.93. The van der Waals surface area contributed by atoms with Gasteiger partial charge in [-0.1, -0.05) is 29.8 Å². The Labute approximate surface area is 151 Å². The van der Waals surface area contributed by atoms with Crippen molar-refractivity contribution in [2.45, 2.75) is 5.75 Å².